The van der Waals surface area contributed by atoms with Gasteiger partial charge in [0.1, 0.15) is 0 Å². The number of aryl methyl sites for hydroxylation is 1. The van der Waals surface area contributed by atoms with Crippen LogP contribution in [0.3, 0.4) is 0 Å². The minimum Gasteiger partial charge on any atom is -0.268 e. The van der Waals surface area contributed by atoms with Gasteiger partial charge in [0, 0.05) is 12.7 Å². The smallest absolute Gasteiger partial charge is 0.211 e. The Labute approximate surface area is 103 Å². The standard InChI is InChI=1S/C11H21N3O2S/c1-4-5-6-17(15,16)13-8-11(3)14-9-10(2)7-12-14/h7,9,11,13H,4-6,8H2,1-3H3/t11-/m0/s1. The fourth-order valence-electron chi connectivity index (χ4n) is 1.42. The Balaban J connectivity index is 2.45. The first-order valence-electron chi connectivity index (χ1n) is 5.92. The topological polar surface area (TPSA) is 64.0 Å². The Morgan fingerprint density at radius 3 is 2.76 bits per heavy atom. The molecule has 1 heterocycles. The molecule has 98 valence electrons. The summed E-state index contributed by atoms with van der Waals surface area (Å²) in [6.07, 6.45) is 5.26. The highest BCUT2D eigenvalue weighted by Crippen LogP contribution is 2.05. The van der Waals surface area contributed by atoms with Gasteiger partial charge in [0.2, 0.25) is 10.0 Å². The van der Waals surface area contributed by atoms with Crippen molar-refractivity contribution < 1.29 is 8.42 Å². The van der Waals surface area contributed by atoms with Crippen molar-refractivity contribution in [2.45, 2.75) is 39.7 Å². The first-order valence-corrected chi connectivity index (χ1v) is 7.58. The molecule has 0 amide bonds. The highest BCUT2D eigenvalue weighted by atomic mass is 32.2. The van der Waals surface area contributed by atoms with E-state index in [1.807, 2.05) is 27.0 Å². The number of unbranched alkanes of at least 4 members (excludes halogenated alkanes) is 1. The van der Waals surface area contributed by atoms with E-state index in [2.05, 4.69) is 9.82 Å². The first kappa shape index (κ1) is 14.2. The van der Waals surface area contributed by atoms with Crippen molar-refractivity contribution in [3.05, 3.63) is 18.0 Å². The number of aromatic nitrogens is 2. The number of nitrogens with one attached hydrogen (secondary N) is 1. The van der Waals surface area contributed by atoms with Gasteiger partial charge in [-0.1, -0.05) is 13.3 Å². The number of sulfonamides is 1. The maximum absolute atomic E-state index is 11.6. The SMILES string of the molecule is CCCCS(=O)(=O)NC[C@H](C)n1cc(C)cn1. The van der Waals surface area contributed by atoms with Crippen molar-refractivity contribution in [2.75, 3.05) is 12.3 Å². The number of rotatable bonds is 7. The van der Waals surface area contributed by atoms with Crippen molar-refractivity contribution in [3.8, 4) is 0 Å². The zero-order valence-corrected chi connectivity index (χ0v) is 11.5. The van der Waals surface area contributed by atoms with Gasteiger partial charge in [0.25, 0.3) is 0 Å². The van der Waals surface area contributed by atoms with Gasteiger partial charge in [0.05, 0.1) is 18.0 Å². The monoisotopic (exact) mass is 259 g/mol. The number of nitrogens with zero attached hydrogens (tertiary/aromatic N) is 2. The fourth-order valence-corrected chi connectivity index (χ4v) is 2.73. The second kappa shape index (κ2) is 6.16. The van der Waals surface area contributed by atoms with Crippen LogP contribution in [-0.4, -0.2) is 30.5 Å². The van der Waals surface area contributed by atoms with Gasteiger partial charge < -0.3 is 0 Å². The summed E-state index contributed by atoms with van der Waals surface area (Å²) in [6.45, 7) is 6.26. The summed E-state index contributed by atoms with van der Waals surface area (Å²) >= 11 is 0. The van der Waals surface area contributed by atoms with E-state index in [-0.39, 0.29) is 11.8 Å². The van der Waals surface area contributed by atoms with Crippen LogP contribution in [0.5, 0.6) is 0 Å². The minimum atomic E-state index is -3.13. The Bertz CT molecular complexity index is 439. The largest absolute Gasteiger partial charge is 0.268 e. The fraction of sp³-hybridized carbons (Fsp3) is 0.727. The highest BCUT2D eigenvalue weighted by Gasteiger charge is 2.12. The van der Waals surface area contributed by atoms with Crippen molar-refractivity contribution in [2.24, 2.45) is 0 Å². The molecule has 1 aromatic heterocycles. The third-order valence-electron chi connectivity index (χ3n) is 2.55. The maximum Gasteiger partial charge on any atom is 0.211 e. The molecule has 0 spiro atoms. The lowest BCUT2D eigenvalue weighted by molar-refractivity contribution is 0.478. The van der Waals surface area contributed by atoms with Crippen LogP contribution in [0.4, 0.5) is 0 Å². The minimum absolute atomic E-state index is 0.0279. The van der Waals surface area contributed by atoms with E-state index in [9.17, 15) is 8.42 Å². The molecule has 0 aromatic carbocycles. The van der Waals surface area contributed by atoms with E-state index in [1.54, 1.807) is 10.9 Å². The molecule has 0 aliphatic carbocycles. The summed E-state index contributed by atoms with van der Waals surface area (Å²) in [5, 5.41) is 4.16. The van der Waals surface area contributed by atoms with E-state index in [0.29, 0.717) is 13.0 Å². The molecule has 0 bridgehead atoms. The van der Waals surface area contributed by atoms with Gasteiger partial charge in [-0.25, -0.2) is 13.1 Å². The zero-order valence-electron chi connectivity index (χ0n) is 10.7. The van der Waals surface area contributed by atoms with E-state index < -0.39 is 10.0 Å². The summed E-state index contributed by atoms with van der Waals surface area (Å²) in [5.41, 5.74) is 1.07. The molecule has 0 aliphatic rings. The molecule has 0 radical (unpaired) electrons. The van der Waals surface area contributed by atoms with Crippen LogP contribution in [-0.2, 0) is 10.0 Å². The van der Waals surface area contributed by atoms with Crippen LogP contribution in [0.1, 0.15) is 38.3 Å². The van der Waals surface area contributed by atoms with Gasteiger partial charge in [-0.15, -0.1) is 0 Å². The predicted molar refractivity (Wildman–Crippen MR) is 68.4 cm³/mol. The quantitative estimate of drug-likeness (QED) is 0.806. The van der Waals surface area contributed by atoms with Crippen LogP contribution in [0, 0.1) is 6.92 Å². The molecule has 6 heteroatoms. The first-order chi connectivity index (χ1) is 7.94. The van der Waals surface area contributed by atoms with E-state index >= 15 is 0 Å². The Morgan fingerprint density at radius 1 is 1.53 bits per heavy atom. The molecular formula is C11H21N3O2S. The summed E-state index contributed by atoms with van der Waals surface area (Å²) in [7, 11) is -3.13. The third-order valence-corrected chi connectivity index (χ3v) is 3.98. The summed E-state index contributed by atoms with van der Waals surface area (Å²) in [6, 6.07) is 0.0279. The normalized spacial score (nSPS) is 13.8. The second-order valence-corrected chi connectivity index (χ2v) is 6.29. The van der Waals surface area contributed by atoms with Crippen LogP contribution < -0.4 is 4.72 Å². The average molecular weight is 259 g/mol. The molecule has 0 saturated heterocycles. The average Bonchev–Trinajstić information content (AvgIpc) is 2.70. The number of hydrogen-bond acceptors (Lipinski definition) is 3. The van der Waals surface area contributed by atoms with Crippen LogP contribution in [0.25, 0.3) is 0 Å². The second-order valence-electron chi connectivity index (χ2n) is 4.37. The molecule has 1 rings (SSSR count). The highest BCUT2D eigenvalue weighted by molar-refractivity contribution is 7.89. The molecule has 0 aliphatic heterocycles. The van der Waals surface area contributed by atoms with Crippen LogP contribution in [0.2, 0.25) is 0 Å². The molecule has 5 nitrogen and oxygen atoms in total. The van der Waals surface area contributed by atoms with Crippen molar-refractivity contribution in [1.82, 2.24) is 14.5 Å². The van der Waals surface area contributed by atoms with Crippen LogP contribution >= 0.6 is 0 Å². The van der Waals surface area contributed by atoms with Gasteiger partial charge in [-0.05, 0) is 25.8 Å². The summed E-state index contributed by atoms with van der Waals surface area (Å²) < 4.78 is 27.6. The molecule has 17 heavy (non-hydrogen) atoms. The van der Waals surface area contributed by atoms with Gasteiger partial charge in [-0.2, -0.15) is 5.10 Å². The van der Waals surface area contributed by atoms with E-state index in [0.717, 1.165) is 12.0 Å². The van der Waals surface area contributed by atoms with Gasteiger partial charge in [-0.3, -0.25) is 4.68 Å². The Morgan fingerprint density at radius 2 is 2.24 bits per heavy atom. The third kappa shape index (κ3) is 4.87. The maximum atomic E-state index is 11.6. The molecule has 0 fully saturated rings. The molecule has 1 atom stereocenters. The molecule has 0 unspecified atom stereocenters. The summed E-state index contributed by atoms with van der Waals surface area (Å²) in [5.74, 6) is 0.203. The summed E-state index contributed by atoms with van der Waals surface area (Å²) in [4.78, 5) is 0. The molecule has 1 aromatic rings. The lowest BCUT2D eigenvalue weighted by Crippen LogP contribution is -2.31. The Kier molecular flexibility index (Phi) is 5.14. The van der Waals surface area contributed by atoms with Gasteiger partial charge in [0.15, 0.2) is 0 Å². The van der Waals surface area contributed by atoms with Crippen molar-refractivity contribution in [3.63, 3.8) is 0 Å². The molecular weight excluding hydrogens is 238 g/mol. The lowest BCUT2D eigenvalue weighted by Gasteiger charge is -2.13. The van der Waals surface area contributed by atoms with Crippen molar-refractivity contribution in [1.29, 1.82) is 0 Å². The van der Waals surface area contributed by atoms with Crippen molar-refractivity contribution >= 4 is 10.0 Å². The number of hydrogen-bond donors (Lipinski definition) is 1. The van der Waals surface area contributed by atoms with Crippen LogP contribution in [0.15, 0.2) is 12.4 Å². The van der Waals surface area contributed by atoms with E-state index in [1.165, 1.54) is 0 Å². The lowest BCUT2D eigenvalue weighted by atomic mass is 10.3. The van der Waals surface area contributed by atoms with Gasteiger partial charge >= 0.3 is 0 Å². The molecule has 1 N–H and O–H groups in total. The predicted octanol–water partition coefficient (Wildman–Crippen LogP) is 1.47. The Hall–Kier alpha value is -0.880. The zero-order chi connectivity index (χ0) is 12.9. The van der Waals surface area contributed by atoms with E-state index in [4.69, 9.17) is 0 Å². The molecule has 0 saturated carbocycles.